The fraction of sp³-hybridized carbons (Fsp3) is 0.929. The third-order valence-corrected chi connectivity index (χ3v) is 4.28. The van der Waals surface area contributed by atoms with Crippen molar-refractivity contribution in [3.63, 3.8) is 0 Å². The lowest BCUT2D eigenvalue weighted by molar-refractivity contribution is 0.190. The van der Waals surface area contributed by atoms with Gasteiger partial charge in [0.15, 0.2) is 0 Å². The van der Waals surface area contributed by atoms with E-state index in [1.165, 1.54) is 19.4 Å². The smallest absolute Gasteiger partial charge is 0.0963 e. The van der Waals surface area contributed by atoms with Crippen molar-refractivity contribution in [2.45, 2.75) is 46.1 Å². The molecule has 0 amide bonds. The van der Waals surface area contributed by atoms with Crippen molar-refractivity contribution in [1.29, 1.82) is 5.41 Å². The molecule has 1 aliphatic rings. The molecular weight excluding hydrogens is 224 g/mol. The van der Waals surface area contributed by atoms with Crippen LogP contribution in [0.15, 0.2) is 0 Å². The highest BCUT2D eigenvalue weighted by atomic mass is 15.2. The van der Waals surface area contributed by atoms with E-state index in [2.05, 4.69) is 37.6 Å². The van der Waals surface area contributed by atoms with Gasteiger partial charge < -0.3 is 10.6 Å². The van der Waals surface area contributed by atoms with E-state index < -0.39 is 0 Å². The molecule has 1 unspecified atom stereocenters. The van der Waals surface area contributed by atoms with Crippen LogP contribution in [0.3, 0.4) is 0 Å². The number of hydrogen-bond donors (Lipinski definition) is 2. The number of likely N-dealkylation sites (tertiary alicyclic amines) is 1. The Balaban J connectivity index is 2.33. The second-order valence-electron chi connectivity index (χ2n) is 6.23. The van der Waals surface area contributed by atoms with Gasteiger partial charge in [-0.25, -0.2) is 0 Å². The molecule has 106 valence electrons. The average molecular weight is 254 g/mol. The number of rotatable bonds is 7. The summed E-state index contributed by atoms with van der Waals surface area (Å²) in [5.74, 6) is 0.298. The van der Waals surface area contributed by atoms with Crippen molar-refractivity contribution in [2.24, 2.45) is 11.1 Å². The van der Waals surface area contributed by atoms with Gasteiger partial charge in [-0.05, 0) is 45.9 Å². The Kier molecular flexibility index (Phi) is 5.60. The fourth-order valence-electron chi connectivity index (χ4n) is 2.57. The van der Waals surface area contributed by atoms with E-state index in [9.17, 15) is 0 Å². The van der Waals surface area contributed by atoms with Crippen LogP contribution in [-0.4, -0.2) is 54.9 Å². The number of amidine groups is 1. The lowest BCUT2D eigenvalue weighted by Crippen LogP contribution is -2.41. The van der Waals surface area contributed by atoms with Gasteiger partial charge in [0.25, 0.3) is 0 Å². The van der Waals surface area contributed by atoms with Crippen LogP contribution in [0.5, 0.6) is 0 Å². The van der Waals surface area contributed by atoms with E-state index in [-0.39, 0.29) is 5.41 Å². The first-order valence-electron chi connectivity index (χ1n) is 7.14. The summed E-state index contributed by atoms with van der Waals surface area (Å²) in [6.07, 6.45) is 3.62. The highest BCUT2D eigenvalue weighted by Gasteiger charge is 2.26. The van der Waals surface area contributed by atoms with Gasteiger partial charge in [0.1, 0.15) is 0 Å². The lowest BCUT2D eigenvalue weighted by atomic mass is 9.88. The van der Waals surface area contributed by atoms with Gasteiger partial charge in [-0.1, -0.05) is 20.8 Å². The molecule has 0 aliphatic carbocycles. The maximum absolute atomic E-state index is 7.58. The average Bonchev–Trinajstić information content (AvgIpc) is 2.73. The van der Waals surface area contributed by atoms with Gasteiger partial charge in [-0.15, -0.1) is 0 Å². The maximum atomic E-state index is 7.58. The first kappa shape index (κ1) is 15.4. The summed E-state index contributed by atoms with van der Waals surface area (Å²) in [5, 5.41) is 7.58. The van der Waals surface area contributed by atoms with Crippen LogP contribution in [0.1, 0.15) is 40.0 Å². The second-order valence-corrected chi connectivity index (χ2v) is 6.23. The Morgan fingerprint density at radius 3 is 2.72 bits per heavy atom. The minimum Gasteiger partial charge on any atom is -0.387 e. The molecule has 0 aromatic rings. The van der Waals surface area contributed by atoms with Crippen LogP contribution >= 0.6 is 0 Å². The molecule has 1 atom stereocenters. The molecule has 0 aromatic carbocycles. The van der Waals surface area contributed by atoms with E-state index in [4.69, 9.17) is 11.1 Å². The van der Waals surface area contributed by atoms with Crippen LogP contribution in [0.4, 0.5) is 0 Å². The zero-order valence-corrected chi connectivity index (χ0v) is 12.5. The van der Waals surface area contributed by atoms with Crippen LogP contribution < -0.4 is 5.73 Å². The minimum atomic E-state index is -0.172. The number of hydrogen-bond acceptors (Lipinski definition) is 3. The van der Waals surface area contributed by atoms with Crippen molar-refractivity contribution < 1.29 is 0 Å². The molecule has 3 N–H and O–H groups in total. The predicted molar refractivity (Wildman–Crippen MR) is 78.1 cm³/mol. The molecule has 0 spiro atoms. The van der Waals surface area contributed by atoms with E-state index in [1.807, 2.05) is 0 Å². The summed E-state index contributed by atoms with van der Waals surface area (Å²) in [4.78, 5) is 4.97. The second kappa shape index (κ2) is 6.53. The molecule has 0 bridgehead atoms. The standard InChI is InChI=1S/C14H30N4/c1-5-18-9-6-7-12(18)11-17(4)10-8-14(2,3)13(15)16/h12H,5-11H2,1-4H3,(H3,15,16). The molecule has 4 nitrogen and oxygen atoms in total. The van der Waals surface area contributed by atoms with Crippen molar-refractivity contribution in [3.8, 4) is 0 Å². The monoisotopic (exact) mass is 254 g/mol. The van der Waals surface area contributed by atoms with Crippen molar-refractivity contribution in [3.05, 3.63) is 0 Å². The van der Waals surface area contributed by atoms with Crippen LogP contribution in [0.25, 0.3) is 0 Å². The summed E-state index contributed by atoms with van der Waals surface area (Å²) < 4.78 is 0. The molecule has 4 heteroatoms. The van der Waals surface area contributed by atoms with Crippen molar-refractivity contribution in [1.82, 2.24) is 9.80 Å². The number of nitrogens with two attached hydrogens (primary N) is 1. The van der Waals surface area contributed by atoms with Crippen LogP contribution in [0, 0.1) is 10.8 Å². The molecule has 1 fully saturated rings. The maximum Gasteiger partial charge on any atom is 0.0963 e. The molecule has 0 saturated carbocycles. The predicted octanol–water partition coefficient (Wildman–Crippen LogP) is 1.75. The first-order chi connectivity index (χ1) is 8.36. The van der Waals surface area contributed by atoms with Gasteiger partial charge in [-0.2, -0.15) is 0 Å². The van der Waals surface area contributed by atoms with Crippen molar-refractivity contribution >= 4 is 5.84 Å². The number of nitrogens with one attached hydrogen (secondary N) is 1. The van der Waals surface area contributed by atoms with Gasteiger partial charge in [0.05, 0.1) is 5.84 Å². The molecule has 18 heavy (non-hydrogen) atoms. The van der Waals surface area contributed by atoms with E-state index in [1.54, 1.807) is 0 Å². The highest BCUT2D eigenvalue weighted by Crippen LogP contribution is 2.21. The molecule has 0 aromatic heterocycles. The highest BCUT2D eigenvalue weighted by molar-refractivity contribution is 5.82. The van der Waals surface area contributed by atoms with Gasteiger partial charge in [0.2, 0.25) is 0 Å². The van der Waals surface area contributed by atoms with Crippen LogP contribution in [0.2, 0.25) is 0 Å². The summed E-state index contributed by atoms with van der Waals surface area (Å²) in [7, 11) is 2.18. The van der Waals surface area contributed by atoms with Gasteiger partial charge in [0, 0.05) is 18.0 Å². The van der Waals surface area contributed by atoms with Gasteiger partial charge >= 0.3 is 0 Å². The van der Waals surface area contributed by atoms with E-state index in [0.717, 1.165) is 32.1 Å². The van der Waals surface area contributed by atoms with E-state index in [0.29, 0.717) is 5.84 Å². The Morgan fingerprint density at radius 2 is 2.17 bits per heavy atom. The lowest BCUT2D eigenvalue weighted by Gasteiger charge is -2.30. The molecule has 1 saturated heterocycles. The summed E-state index contributed by atoms with van der Waals surface area (Å²) in [5.41, 5.74) is 5.45. The van der Waals surface area contributed by atoms with Crippen molar-refractivity contribution in [2.75, 3.05) is 33.2 Å². The zero-order chi connectivity index (χ0) is 13.8. The Hall–Kier alpha value is -0.610. The SMILES string of the molecule is CCN1CCCC1CN(C)CCC(C)(C)C(=N)N. The largest absolute Gasteiger partial charge is 0.387 e. The Bertz CT molecular complexity index is 275. The number of likely N-dealkylation sites (N-methyl/N-ethyl adjacent to an activating group) is 2. The summed E-state index contributed by atoms with van der Waals surface area (Å²) >= 11 is 0. The van der Waals surface area contributed by atoms with E-state index >= 15 is 0 Å². The molecule has 1 heterocycles. The zero-order valence-electron chi connectivity index (χ0n) is 12.5. The molecule has 1 rings (SSSR count). The first-order valence-corrected chi connectivity index (χ1v) is 7.14. The fourth-order valence-corrected chi connectivity index (χ4v) is 2.57. The third kappa shape index (κ3) is 4.25. The minimum absolute atomic E-state index is 0.172. The molecular formula is C14H30N4. The summed E-state index contributed by atoms with van der Waals surface area (Å²) in [6.45, 7) is 10.9. The van der Waals surface area contributed by atoms with Crippen LogP contribution in [-0.2, 0) is 0 Å². The Morgan fingerprint density at radius 1 is 1.50 bits per heavy atom. The quantitative estimate of drug-likeness (QED) is 0.537. The molecule has 0 radical (unpaired) electrons. The topological polar surface area (TPSA) is 56.4 Å². The normalized spacial score (nSPS) is 21.7. The van der Waals surface area contributed by atoms with Gasteiger partial charge in [-0.3, -0.25) is 10.3 Å². The molecule has 1 aliphatic heterocycles. The third-order valence-electron chi connectivity index (χ3n) is 4.28. The Labute approximate surface area is 112 Å². The number of nitrogens with zero attached hydrogens (tertiary/aromatic N) is 2. The summed E-state index contributed by atoms with van der Waals surface area (Å²) in [6, 6.07) is 0.723.